The number of hydrogen-bond donors (Lipinski definition) is 1. The van der Waals surface area contributed by atoms with Crippen LogP contribution in [0.2, 0.25) is 0 Å². The van der Waals surface area contributed by atoms with E-state index in [2.05, 4.69) is 5.32 Å². The van der Waals surface area contributed by atoms with E-state index >= 15 is 0 Å². The van der Waals surface area contributed by atoms with Crippen LogP contribution in [0.3, 0.4) is 0 Å². The van der Waals surface area contributed by atoms with Gasteiger partial charge in [0.25, 0.3) is 0 Å². The van der Waals surface area contributed by atoms with Gasteiger partial charge in [-0.1, -0.05) is 25.7 Å². The SMILES string of the molecule is CC(CC(F)(F)F)NCCCC1CCCC1. The van der Waals surface area contributed by atoms with Gasteiger partial charge in [0, 0.05) is 6.04 Å². The summed E-state index contributed by atoms with van der Waals surface area (Å²) in [7, 11) is 0. The van der Waals surface area contributed by atoms with Gasteiger partial charge in [0.15, 0.2) is 0 Å². The maximum absolute atomic E-state index is 12.0. The highest BCUT2D eigenvalue weighted by molar-refractivity contribution is 4.69. The summed E-state index contributed by atoms with van der Waals surface area (Å²) in [6.45, 7) is 2.32. The van der Waals surface area contributed by atoms with Gasteiger partial charge in [0.1, 0.15) is 0 Å². The fourth-order valence-corrected chi connectivity index (χ4v) is 2.46. The Morgan fingerprint density at radius 2 is 1.88 bits per heavy atom. The highest BCUT2D eigenvalue weighted by Crippen LogP contribution is 2.28. The van der Waals surface area contributed by atoms with Crippen LogP contribution in [-0.2, 0) is 0 Å². The minimum atomic E-state index is -4.04. The van der Waals surface area contributed by atoms with Crippen molar-refractivity contribution >= 4 is 0 Å². The summed E-state index contributed by atoms with van der Waals surface area (Å²) in [6, 6.07) is -0.455. The molecule has 4 heteroatoms. The van der Waals surface area contributed by atoms with Gasteiger partial charge in [-0.2, -0.15) is 13.2 Å². The molecule has 1 nitrogen and oxygen atoms in total. The molecule has 1 unspecified atom stereocenters. The van der Waals surface area contributed by atoms with E-state index in [1.165, 1.54) is 32.1 Å². The van der Waals surface area contributed by atoms with Gasteiger partial charge in [-0.15, -0.1) is 0 Å². The van der Waals surface area contributed by atoms with Gasteiger partial charge >= 0.3 is 6.18 Å². The lowest BCUT2D eigenvalue weighted by atomic mass is 10.0. The smallest absolute Gasteiger partial charge is 0.314 e. The van der Waals surface area contributed by atoms with E-state index in [9.17, 15) is 13.2 Å². The lowest BCUT2D eigenvalue weighted by Gasteiger charge is -2.16. The summed E-state index contributed by atoms with van der Waals surface area (Å²) in [5.41, 5.74) is 0. The van der Waals surface area contributed by atoms with Crippen molar-refractivity contribution in [1.82, 2.24) is 5.32 Å². The molecule has 1 fully saturated rings. The Bertz CT molecular complexity index is 185. The van der Waals surface area contributed by atoms with E-state index in [4.69, 9.17) is 0 Å². The average molecular weight is 237 g/mol. The maximum Gasteiger partial charge on any atom is 0.390 e. The Labute approximate surface area is 95.8 Å². The highest BCUT2D eigenvalue weighted by Gasteiger charge is 2.29. The van der Waals surface area contributed by atoms with Crippen molar-refractivity contribution in [2.24, 2.45) is 5.92 Å². The van der Waals surface area contributed by atoms with E-state index in [1.54, 1.807) is 6.92 Å². The topological polar surface area (TPSA) is 12.0 Å². The van der Waals surface area contributed by atoms with Crippen LogP contribution in [0.4, 0.5) is 13.2 Å². The predicted molar refractivity (Wildman–Crippen MR) is 59.3 cm³/mol. The fraction of sp³-hybridized carbons (Fsp3) is 1.00. The lowest BCUT2D eigenvalue weighted by molar-refractivity contribution is -0.139. The zero-order chi connectivity index (χ0) is 12.0. The fourth-order valence-electron chi connectivity index (χ4n) is 2.46. The van der Waals surface area contributed by atoms with E-state index in [0.29, 0.717) is 6.54 Å². The molecule has 0 saturated heterocycles. The highest BCUT2D eigenvalue weighted by atomic mass is 19.4. The number of rotatable bonds is 6. The molecule has 0 bridgehead atoms. The maximum atomic E-state index is 12.0. The minimum Gasteiger partial charge on any atom is -0.314 e. The van der Waals surface area contributed by atoms with Crippen LogP contribution in [0.1, 0.15) is 51.9 Å². The van der Waals surface area contributed by atoms with Crippen molar-refractivity contribution in [2.45, 2.75) is 64.1 Å². The normalized spacial score (nSPS) is 20.2. The van der Waals surface area contributed by atoms with Crippen LogP contribution in [-0.4, -0.2) is 18.8 Å². The summed E-state index contributed by atoms with van der Waals surface area (Å²) >= 11 is 0. The number of alkyl halides is 3. The molecule has 1 saturated carbocycles. The van der Waals surface area contributed by atoms with Gasteiger partial charge in [-0.3, -0.25) is 0 Å². The third-order valence-electron chi connectivity index (χ3n) is 3.29. The number of hydrogen-bond acceptors (Lipinski definition) is 1. The monoisotopic (exact) mass is 237 g/mol. The van der Waals surface area contributed by atoms with Gasteiger partial charge in [0.2, 0.25) is 0 Å². The van der Waals surface area contributed by atoms with Crippen LogP contribution >= 0.6 is 0 Å². The molecule has 16 heavy (non-hydrogen) atoms. The molecule has 1 rings (SSSR count). The van der Waals surface area contributed by atoms with Crippen molar-refractivity contribution in [3.63, 3.8) is 0 Å². The first-order valence-electron chi connectivity index (χ1n) is 6.27. The van der Waals surface area contributed by atoms with Crippen LogP contribution in [0.5, 0.6) is 0 Å². The second-order valence-electron chi connectivity index (χ2n) is 4.97. The van der Waals surface area contributed by atoms with Gasteiger partial charge < -0.3 is 5.32 Å². The molecular weight excluding hydrogens is 215 g/mol. The van der Waals surface area contributed by atoms with Crippen molar-refractivity contribution in [2.75, 3.05) is 6.54 Å². The summed E-state index contributed by atoms with van der Waals surface area (Å²) in [4.78, 5) is 0. The Kier molecular flexibility index (Phi) is 5.59. The third-order valence-corrected chi connectivity index (χ3v) is 3.29. The molecule has 0 spiro atoms. The van der Waals surface area contributed by atoms with Gasteiger partial charge in [0.05, 0.1) is 6.42 Å². The third kappa shape index (κ3) is 6.36. The van der Waals surface area contributed by atoms with E-state index in [1.807, 2.05) is 0 Å². The Morgan fingerprint density at radius 1 is 1.25 bits per heavy atom. The lowest BCUT2D eigenvalue weighted by Crippen LogP contribution is -2.31. The first-order valence-corrected chi connectivity index (χ1v) is 6.27. The van der Waals surface area contributed by atoms with Crippen molar-refractivity contribution < 1.29 is 13.2 Å². The van der Waals surface area contributed by atoms with Crippen molar-refractivity contribution in [3.05, 3.63) is 0 Å². The van der Waals surface area contributed by atoms with Crippen molar-refractivity contribution in [1.29, 1.82) is 0 Å². The summed E-state index contributed by atoms with van der Waals surface area (Å²) in [5.74, 6) is 0.833. The molecule has 0 amide bonds. The van der Waals surface area contributed by atoms with Crippen LogP contribution < -0.4 is 5.32 Å². The largest absolute Gasteiger partial charge is 0.390 e. The second kappa shape index (κ2) is 6.48. The number of nitrogens with one attached hydrogen (secondary N) is 1. The van der Waals surface area contributed by atoms with E-state index in [-0.39, 0.29) is 0 Å². The Hall–Kier alpha value is -0.250. The molecule has 0 heterocycles. The quantitative estimate of drug-likeness (QED) is 0.691. The molecule has 1 atom stereocenters. The molecule has 0 aromatic carbocycles. The van der Waals surface area contributed by atoms with E-state index < -0.39 is 18.6 Å². The zero-order valence-corrected chi connectivity index (χ0v) is 9.95. The van der Waals surface area contributed by atoms with Crippen molar-refractivity contribution in [3.8, 4) is 0 Å². The van der Waals surface area contributed by atoms with Crippen LogP contribution in [0, 0.1) is 5.92 Å². The second-order valence-corrected chi connectivity index (χ2v) is 4.97. The molecule has 0 aromatic heterocycles. The summed E-state index contributed by atoms with van der Waals surface area (Å²) in [5, 5.41) is 2.94. The summed E-state index contributed by atoms with van der Waals surface area (Å²) in [6.07, 6.45) is 2.72. The zero-order valence-electron chi connectivity index (χ0n) is 9.95. The summed E-state index contributed by atoms with van der Waals surface area (Å²) < 4.78 is 36.1. The first-order chi connectivity index (χ1) is 7.47. The number of halogens is 3. The molecule has 0 aromatic rings. The van der Waals surface area contributed by atoms with Gasteiger partial charge in [-0.25, -0.2) is 0 Å². The average Bonchev–Trinajstić information content (AvgIpc) is 2.62. The molecule has 1 N–H and O–H groups in total. The van der Waals surface area contributed by atoms with E-state index in [0.717, 1.165) is 12.3 Å². The van der Waals surface area contributed by atoms with Crippen LogP contribution in [0.25, 0.3) is 0 Å². The molecule has 0 aliphatic heterocycles. The molecular formula is C12H22F3N. The molecule has 0 radical (unpaired) electrons. The standard InChI is InChI=1S/C12H22F3N/c1-10(9-12(13,14)15)16-8-4-7-11-5-2-3-6-11/h10-11,16H,2-9H2,1H3. The van der Waals surface area contributed by atoms with Crippen LogP contribution in [0.15, 0.2) is 0 Å². The minimum absolute atomic E-state index is 0.455. The molecule has 1 aliphatic rings. The Balaban J connectivity index is 1.97. The predicted octanol–water partition coefficient (Wildman–Crippen LogP) is 3.89. The van der Waals surface area contributed by atoms with Gasteiger partial charge in [-0.05, 0) is 32.2 Å². The molecule has 1 aliphatic carbocycles. The Morgan fingerprint density at radius 3 is 2.44 bits per heavy atom. The first kappa shape index (κ1) is 13.8. The molecule has 96 valence electrons.